The number of rotatable bonds is 2. The monoisotopic (exact) mass is 338 g/mol. The molecule has 25 heavy (non-hydrogen) atoms. The van der Waals surface area contributed by atoms with Crippen molar-refractivity contribution in [1.82, 2.24) is 15.0 Å². The van der Waals surface area contributed by atoms with Crippen molar-refractivity contribution in [3.05, 3.63) is 48.0 Å². The predicted octanol–water partition coefficient (Wildman–Crippen LogP) is 3.36. The zero-order valence-corrected chi connectivity index (χ0v) is 14.2. The largest absolute Gasteiger partial charge is 0.377 e. The molecular formula is C19H19FN4O. The summed E-state index contributed by atoms with van der Waals surface area (Å²) in [6.07, 6.45) is 1.78. The van der Waals surface area contributed by atoms with E-state index in [1.165, 1.54) is 12.1 Å². The number of aryl methyl sites for hydroxylation is 1. The minimum atomic E-state index is -0.300. The van der Waals surface area contributed by atoms with Crippen molar-refractivity contribution < 1.29 is 9.13 Å². The molecular weight excluding hydrogens is 319 g/mol. The van der Waals surface area contributed by atoms with E-state index in [1.807, 2.05) is 19.1 Å². The number of fused-ring (bicyclic) bond motifs is 1. The Morgan fingerprint density at radius 3 is 2.84 bits per heavy atom. The molecule has 0 unspecified atom stereocenters. The summed E-state index contributed by atoms with van der Waals surface area (Å²) in [7, 11) is 0. The number of ether oxygens (including phenoxy) is 1. The summed E-state index contributed by atoms with van der Waals surface area (Å²) >= 11 is 0. The summed E-state index contributed by atoms with van der Waals surface area (Å²) in [5.41, 5.74) is 2.25. The standard InChI is InChI=1S/C19H19FN4O/c1-12-11-25-8-7-24(12)18-6-3-14(10-21-18)19-22-13(2)16-5-4-15(20)9-17(16)23-19/h3-6,9-10,12H,7-8,11H2,1-2H3/t12-/m1/s1. The van der Waals surface area contributed by atoms with E-state index in [-0.39, 0.29) is 5.82 Å². The minimum Gasteiger partial charge on any atom is -0.377 e. The third kappa shape index (κ3) is 3.05. The Kier molecular flexibility index (Phi) is 4.05. The van der Waals surface area contributed by atoms with Crippen LogP contribution in [0.1, 0.15) is 12.6 Å². The second kappa shape index (κ2) is 6.37. The molecule has 0 bridgehead atoms. The number of hydrogen-bond donors (Lipinski definition) is 0. The highest BCUT2D eigenvalue weighted by Crippen LogP contribution is 2.24. The molecule has 5 nitrogen and oxygen atoms in total. The van der Waals surface area contributed by atoms with Gasteiger partial charge in [-0.1, -0.05) is 0 Å². The summed E-state index contributed by atoms with van der Waals surface area (Å²) in [4.78, 5) is 15.9. The SMILES string of the molecule is Cc1nc(-c2ccc(N3CCOC[C@H]3C)nc2)nc2cc(F)ccc12. The van der Waals surface area contributed by atoms with E-state index in [0.29, 0.717) is 30.6 Å². The summed E-state index contributed by atoms with van der Waals surface area (Å²) in [5.74, 6) is 1.18. The van der Waals surface area contributed by atoms with Gasteiger partial charge in [0.1, 0.15) is 11.6 Å². The lowest BCUT2D eigenvalue weighted by Gasteiger charge is -2.34. The van der Waals surface area contributed by atoms with Crippen molar-refractivity contribution in [3.63, 3.8) is 0 Å². The van der Waals surface area contributed by atoms with Crippen molar-refractivity contribution in [2.45, 2.75) is 19.9 Å². The van der Waals surface area contributed by atoms with Crippen LogP contribution in [0.15, 0.2) is 36.5 Å². The van der Waals surface area contributed by atoms with E-state index in [2.05, 4.69) is 26.8 Å². The van der Waals surface area contributed by atoms with Gasteiger partial charge in [-0.2, -0.15) is 0 Å². The Morgan fingerprint density at radius 1 is 1.20 bits per heavy atom. The molecule has 0 aliphatic carbocycles. The van der Waals surface area contributed by atoms with E-state index in [1.54, 1.807) is 12.3 Å². The molecule has 3 aromatic rings. The Balaban J connectivity index is 1.69. The molecule has 1 atom stereocenters. The van der Waals surface area contributed by atoms with Gasteiger partial charge in [0.05, 0.1) is 24.8 Å². The molecule has 4 rings (SSSR count). The summed E-state index contributed by atoms with van der Waals surface area (Å²) in [6.45, 7) is 6.29. The Morgan fingerprint density at radius 2 is 2.08 bits per heavy atom. The van der Waals surface area contributed by atoms with Crippen LogP contribution < -0.4 is 4.90 Å². The van der Waals surface area contributed by atoms with Gasteiger partial charge in [-0.15, -0.1) is 0 Å². The van der Waals surface area contributed by atoms with Gasteiger partial charge in [0.15, 0.2) is 5.82 Å². The van der Waals surface area contributed by atoms with Crippen LogP contribution in [-0.2, 0) is 4.74 Å². The number of halogens is 1. The first-order valence-electron chi connectivity index (χ1n) is 8.36. The Bertz CT molecular complexity index is 913. The number of hydrogen-bond acceptors (Lipinski definition) is 5. The normalized spacial score (nSPS) is 17.9. The average Bonchev–Trinajstić information content (AvgIpc) is 2.62. The van der Waals surface area contributed by atoms with Crippen LogP contribution in [0.25, 0.3) is 22.3 Å². The third-order valence-electron chi connectivity index (χ3n) is 4.52. The second-order valence-corrected chi connectivity index (χ2v) is 6.32. The van der Waals surface area contributed by atoms with Gasteiger partial charge in [0.25, 0.3) is 0 Å². The van der Waals surface area contributed by atoms with Crippen LogP contribution in [0.4, 0.5) is 10.2 Å². The molecule has 3 heterocycles. The molecule has 0 radical (unpaired) electrons. The fourth-order valence-electron chi connectivity index (χ4n) is 3.15. The van der Waals surface area contributed by atoms with Gasteiger partial charge in [-0.25, -0.2) is 19.3 Å². The highest BCUT2D eigenvalue weighted by atomic mass is 19.1. The molecule has 1 aliphatic rings. The van der Waals surface area contributed by atoms with Crippen molar-refractivity contribution in [3.8, 4) is 11.4 Å². The maximum Gasteiger partial charge on any atom is 0.161 e. The molecule has 1 aliphatic heterocycles. The van der Waals surface area contributed by atoms with Crippen LogP contribution in [0.2, 0.25) is 0 Å². The van der Waals surface area contributed by atoms with Gasteiger partial charge < -0.3 is 9.64 Å². The highest BCUT2D eigenvalue weighted by Gasteiger charge is 2.20. The van der Waals surface area contributed by atoms with Crippen molar-refractivity contribution in [1.29, 1.82) is 0 Å². The zero-order chi connectivity index (χ0) is 17.4. The first kappa shape index (κ1) is 15.9. The van der Waals surface area contributed by atoms with E-state index in [0.717, 1.165) is 29.0 Å². The van der Waals surface area contributed by atoms with Gasteiger partial charge in [0, 0.05) is 35.5 Å². The molecule has 0 amide bonds. The molecule has 1 saturated heterocycles. The molecule has 0 saturated carbocycles. The molecule has 1 fully saturated rings. The van der Waals surface area contributed by atoms with Crippen molar-refractivity contribution in [2.24, 2.45) is 0 Å². The smallest absolute Gasteiger partial charge is 0.161 e. The van der Waals surface area contributed by atoms with Crippen LogP contribution in [-0.4, -0.2) is 40.8 Å². The number of nitrogens with zero attached hydrogens (tertiary/aromatic N) is 4. The summed E-state index contributed by atoms with van der Waals surface area (Å²) < 4.78 is 19.0. The Labute approximate surface area is 145 Å². The molecule has 1 aromatic carbocycles. The lowest BCUT2D eigenvalue weighted by molar-refractivity contribution is 0.0985. The molecule has 128 valence electrons. The molecule has 0 N–H and O–H groups in total. The van der Waals surface area contributed by atoms with E-state index < -0.39 is 0 Å². The number of anilines is 1. The molecule has 2 aromatic heterocycles. The third-order valence-corrected chi connectivity index (χ3v) is 4.52. The minimum absolute atomic E-state index is 0.300. The first-order chi connectivity index (χ1) is 12.1. The van der Waals surface area contributed by atoms with Crippen molar-refractivity contribution >= 4 is 16.7 Å². The van der Waals surface area contributed by atoms with Gasteiger partial charge in [-0.05, 0) is 38.1 Å². The van der Waals surface area contributed by atoms with E-state index >= 15 is 0 Å². The predicted molar refractivity (Wildman–Crippen MR) is 95.1 cm³/mol. The second-order valence-electron chi connectivity index (χ2n) is 6.32. The molecule has 6 heteroatoms. The average molecular weight is 338 g/mol. The first-order valence-corrected chi connectivity index (χ1v) is 8.36. The lowest BCUT2D eigenvalue weighted by Crippen LogP contribution is -2.44. The lowest BCUT2D eigenvalue weighted by atomic mass is 10.1. The maximum absolute atomic E-state index is 13.5. The van der Waals surface area contributed by atoms with Crippen molar-refractivity contribution in [2.75, 3.05) is 24.7 Å². The summed E-state index contributed by atoms with van der Waals surface area (Å²) in [5, 5.41) is 0.858. The fraction of sp³-hybridized carbons (Fsp3) is 0.316. The fourth-order valence-corrected chi connectivity index (χ4v) is 3.15. The van der Waals surface area contributed by atoms with E-state index in [9.17, 15) is 4.39 Å². The zero-order valence-electron chi connectivity index (χ0n) is 14.2. The van der Waals surface area contributed by atoms with E-state index in [4.69, 9.17) is 4.74 Å². The number of morpholine rings is 1. The quantitative estimate of drug-likeness (QED) is 0.717. The number of benzene rings is 1. The summed E-state index contributed by atoms with van der Waals surface area (Å²) in [6, 6.07) is 8.82. The highest BCUT2D eigenvalue weighted by molar-refractivity contribution is 5.82. The topological polar surface area (TPSA) is 51.1 Å². The van der Waals surface area contributed by atoms with Crippen LogP contribution in [0.3, 0.4) is 0 Å². The molecule has 0 spiro atoms. The van der Waals surface area contributed by atoms with Gasteiger partial charge in [0.2, 0.25) is 0 Å². The van der Waals surface area contributed by atoms with Crippen LogP contribution in [0.5, 0.6) is 0 Å². The number of aromatic nitrogens is 3. The maximum atomic E-state index is 13.5. The van der Waals surface area contributed by atoms with Crippen LogP contribution in [0, 0.1) is 12.7 Å². The van der Waals surface area contributed by atoms with Gasteiger partial charge in [-0.3, -0.25) is 0 Å². The van der Waals surface area contributed by atoms with Gasteiger partial charge >= 0.3 is 0 Å². The van der Waals surface area contributed by atoms with Crippen LogP contribution >= 0.6 is 0 Å². The number of pyridine rings is 1. The Hall–Kier alpha value is -2.60.